The van der Waals surface area contributed by atoms with Gasteiger partial charge in [-0.2, -0.15) is 0 Å². The first kappa shape index (κ1) is 64.1. The zero-order valence-electron chi connectivity index (χ0n) is 44.7. The van der Waals surface area contributed by atoms with Gasteiger partial charge in [-0.25, -0.2) is 0 Å². The highest BCUT2D eigenvalue weighted by Crippen LogP contribution is 2.16. The van der Waals surface area contributed by atoms with Gasteiger partial charge in [-0.05, 0) is 77.0 Å². The van der Waals surface area contributed by atoms with Crippen LogP contribution in [0.4, 0.5) is 0 Å². The summed E-state index contributed by atoms with van der Waals surface area (Å²) >= 11 is 0. The van der Waals surface area contributed by atoms with Crippen molar-refractivity contribution in [3.05, 3.63) is 36.5 Å². The van der Waals surface area contributed by atoms with Gasteiger partial charge in [0.05, 0.1) is 6.61 Å². The first-order valence-electron chi connectivity index (χ1n) is 29.5. The monoisotopic (exact) mass is 927 g/mol. The van der Waals surface area contributed by atoms with E-state index < -0.39 is 6.10 Å². The molecule has 0 aliphatic rings. The van der Waals surface area contributed by atoms with Crippen LogP contribution in [-0.2, 0) is 23.8 Å². The SMILES string of the molecule is CCCCC/C=C\C/C=C\CCCCCCCCCCCC(=O)O[C@H](COCCCCCCCCCCCCCCCCCC)COC(=O)CCCCCCC/C=C\CCCCCCCC. The van der Waals surface area contributed by atoms with E-state index in [4.69, 9.17) is 14.2 Å². The Balaban J connectivity index is 4.25. The van der Waals surface area contributed by atoms with Gasteiger partial charge in [-0.15, -0.1) is 0 Å². The van der Waals surface area contributed by atoms with Gasteiger partial charge >= 0.3 is 11.9 Å². The van der Waals surface area contributed by atoms with Gasteiger partial charge in [0.15, 0.2) is 6.10 Å². The van der Waals surface area contributed by atoms with Gasteiger partial charge in [-0.1, -0.05) is 263 Å². The number of hydrogen-bond donors (Lipinski definition) is 0. The topological polar surface area (TPSA) is 61.8 Å². The Morgan fingerprint density at radius 3 is 1.05 bits per heavy atom. The van der Waals surface area contributed by atoms with Crippen molar-refractivity contribution in [2.45, 2.75) is 322 Å². The molecule has 0 aromatic heterocycles. The van der Waals surface area contributed by atoms with Crippen LogP contribution in [0, 0.1) is 0 Å². The van der Waals surface area contributed by atoms with Crippen LogP contribution in [0.15, 0.2) is 36.5 Å². The molecule has 0 aromatic rings. The zero-order valence-corrected chi connectivity index (χ0v) is 44.7. The minimum atomic E-state index is -0.538. The highest BCUT2D eigenvalue weighted by Gasteiger charge is 2.17. The average molecular weight is 928 g/mol. The molecule has 0 amide bonds. The second kappa shape index (κ2) is 57.4. The summed E-state index contributed by atoms with van der Waals surface area (Å²) < 4.78 is 17.5. The van der Waals surface area contributed by atoms with Gasteiger partial charge in [0.25, 0.3) is 0 Å². The number of unbranched alkanes of at least 4 members (excludes halogenated alkanes) is 38. The molecular weight excluding hydrogens is 813 g/mol. The Hall–Kier alpha value is -1.88. The van der Waals surface area contributed by atoms with Crippen molar-refractivity contribution in [2.24, 2.45) is 0 Å². The first-order chi connectivity index (χ1) is 32.6. The Bertz CT molecular complexity index is 1050. The number of esters is 2. The second-order valence-electron chi connectivity index (χ2n) is 19.9. The van der Waals surface area contributed by atoms with Crippen molar-refractivity contribution in [3.8, 4) is 0 Å². The van der Waals surface area contributed by atoms with Crippen LogP contribution in [0.2, 0.25) is 0 Å². The molecule has 0 radical (unpaired) electrons. The smallest absolute Gasteiger partial charge is 0.306 e. The molecule has 66 heavy (non-hydrogen) atoms. The maximum absolute atomic E-state index is 12.9. The van der Waals surface area contributed by atoms with E-state index in [1.54, 1.807) is 0 Å². The lowest BCUT2D eigenvalue weighted by atomic mass is 10.0. The molecule has 0 unspecified atom stereocenters. The zero-order chi connectivity index (χ0) is 47.7. The van der Waals surface area contributed by atoms with Crippen molar-refractivity contribution in [1.82, 2.24) is 0 Å². The molecule has 0 spiro atoms. The number of carbonyl (C=O) groups excluding carboxylic acids is 2. The Kier molecular flexibility index (Phi) is 55.8. The van der Waals surface area contributed by atoms with Crippen LogP contribution in [-0.4, -0.2) is 37.9 Å². The summed E-state index contributed by atoms with van der Waals surface area (Å²) in [6.45, 7) is 7.85. The molecule has 1 atom stereocenters. The molecule has 0 saturated heterocycles. The molecule has 0 N–H and O–H groups in total. The fraction of sp³-hybridized carbons (Fsp3) is 0.869. The van der Waals surface area contributed by atoms with Crippen LogP contribution in [0.1, 0.15) is 316 Å². The quantitative estimate of drug-likeness (QED) is 0.0345. The molecule has 0 aromatic carbocycles. The molecule has 0 fully saturated rings. The van der Waals surface area contributed by atoms with Gasteiger partial charge in [0, 0.05) is 19.4 Å². The van der Waals surface area contributed by atoms with Gasteiger partial charge in [0.1, 0.15) is 6.61 Å². The van der Waals surface area contributed by atoms with E-state index in [2.05, 4.69) is 57.2 Å². The lowest BCUT2D eigenvalue weighted by Gasteiger charge is -2.18. The van der Waals surface area contributed by atoms with E-state index in [1.165, 1.54) is 231 Å². The van der Waals surface area contributed by atoms with Crippen LogP contribution < -0.4 is 0 Å². The van der Waals surface area contributed by atoms with E-state index in [1.807, 2.05) is 0 Å². The maximum atomic E-state index is 12.9. The highest BCUT2D eigenvalue weighted by atomic mass is 16.6. The standard InChI is InChI=1S/C61H114O5/c1-4-7-10-13-16-19-22-25-28-30-31-32-34-37-40-43-46-49-52-55-61(63)66-59(57-64-56-53-50-47-44-41-38-35-29-26-23-20-17-14-11-8-5-2)58-65-60(62)54-51-48-45-42-39-36-33-27-24-21-18-15-12-9-6-3/h16,19,25,27-28,33,59H,4-15,17-18,20-24,26,29-32,34-58H2,1-3H3/b19-16-,28-25-,33-27-/t59-/m1/s1. The number of rotatable bonds is 55. The van der Waals surface area contributed by atoms with Crippen LogP contribution in [0.5, 0.6) is 0 Å². The normalized spacial score (nSPS) is 12.3. The molecule has 0 aliphatic carbocycles. The van der Waals surface area contributed by atoms with Gasteiger partial charge in [-0.3, -0.25) is 9.59 Å². The van der Waals surface area contributed by atoms with Crippen LogP contribution in [0.25, 0.3) is 0 Å². The first-order valence-corrected chi connectivity index (χ1v) is 29.5. The van der Waals surface area contributed by atoms with Crippen LogP contribution >= 0.6 is 0 Å². The van der Waals surface area contributed by atoms with E-state index in [0.717, 1.165) is 51.4 Å². The summed E-state index contributed by atoms with van der Waals surface area (Å²) in [6.07, 6.45) is 70.2. The Labute approximate surface area is 412 Å². The summed E-state index contributed by atoms with van der Waals surface area (Å²) in [4.78, 5) is 25.5. The highest BCUT2D eigenvalue weighted by molar-refractivity contribution is 5.70. The largest absolute Gasteiger partial charge is 0.462 e. The predicted molar refractivity (Wildman–Crippen MR) is 288 cm³/mol. The van der Waals surface area contributed by atoms with Gasteiger partial charge < -0.3 is 14.2 Å². The average Bonchev–Trinajstić information content (AvgIpc) is 3.32. The fourth-order valence-corrected chi connectivity index (χ4v) is 8.71. The predicted octanol–water partition coefficient (Wildman–Crippen LogP) is 20.1. The third-order valence-corrected chi connectivity index (χ3v) is 13.1. The lowest BCUT2D eigenvalue weighted by Crippen LogP contribution is -2.30. The van der Waals surface area contributed by atoms with Gasteiger partial charge in [0.2, 0.25) is 0 Å². The minimum absolute atomic E-state index is 0.0848. The van der Waals surface area contributed by atoms with E-state index in [-0.39, 0.29) is 25.2 Å². The Morgan fingerprint density at radius 1 is 0.333 bits per heavy atom. The number of allylic oxidation sites excluding steroid dienone is 6. The molecule has 0 bridgehead atoms. The van der Waals surface area contributed by atoms with E-state index in [9.17, 15) is 9.59 Å². The molecule has 0 saturated carbocycles. The molecule has 5 nitrogen and oxygen atoms in total. The van der Waals surface area contributed by atoms with Crippen LogP contribution in [0.3, 0.4) is 0 Å². The summed E-state index contributed by atoms with van der Waals surface area (Å²) in [5.41, 5.74) is 0. The summed E-state index contributed by atoms with van der Waals surface area (Å²) in [5.74, 6) is -0.392. The number of carbonyl (C=O) groups is 2. The summed E-state index contributed by atoms with van der Waals surface area (Å²) in [5, 5.41) is 0. The maximum Gasteiger partial charge on any atom is 0.306 e. The van der Waals surface area contributed by atoms with Crippen molar-refractivity contribution in [3.63, 3.8) is 0 Å². The molecule has 5 heteroatoms. The Morgan fingerprint density at radius 2 is 0.636 bits per heavy atom. The molecule has 0 aliphatic heterocycles. The van der Waals surface area contributed by atoms with Crippen molar-refractivity contribution in [2.75, 3.05) is 19.8 Å². The fourth-order valence-electron chi connectivity index (χ4n) is 8.71. The van der Waals surface area contributed by atoms with E-state index in [0.29, 0.717) is 19.4 Å². The molecular formula is C61H114O5. The minimum Gasteiger partial charge on any atom is -0.462 e. The number of ether oxygens (including phenoxy) is 3. The third-order valence-electron chi connectivity index (χ3n) is 13.1. The van der Waals surface area contributed by atoms with Crippen molar-refractivity contribution in [1.29, 1.82) is 0 Å². The molecule has 0 heterocycles. The second-order valence-corrected chi connectivity index (χ2v) is 19.9. The third kappa shape index (κ3) is 54.7. The summed E-state index contributed by atoms with van der Waals surface area (Å²) in [7, 11) is 0. The summed E-state index contributed by atoms with van der Waals surface area (Å²) in [6, 6.07) is 0. The van der Waals surface area contributed by atoms with Crippen molar-refractivity contribution >= 4 is 11.9 Å². The molecule has 0 rings (SSSR count). The number of hydrogen-bond acceptors (Lipinski definition) is 5. The molecule has 388 valence electrons. The van der Waals surface area contributed by atoms with Crippen molar-refractivity contribution < 1.29 is 23.8 Å². The van der Waals surface area contributed by atoms with E-state index >= 15 is 0 Å². The lowest BCUT2D eigenvalue weighted by molar-refractivity contribution is -0.163.